The van der Waals surface area contributed by atoms with Crippen LogP contribution < -0.4 is 0 Å². The maximum atomic E-state index is 15.5. The molecule has 3 aromatic rings. The summed E-state index contributed by atoms with van der Waals surface area (Å²) in [6.45, 7) is 3.23. The van der Waals surface area contributed by atoms with E-state index in [2.05, 4.69) is 15.1 Å². The smallest absolute Gasteiger partial charge is 0.137 e. The molecule has 0 bridgehead atoms. The number of hydrogen-bond acceptors (Lipinski definition) is 3. The summed E-state index contributed by atoms with van der Waals surface area (Å²) in [5.41, 5.74) is 4.46. The Hall–Kier alpha value is -2.66. The second-order valence-electron chi connectivity index (χ2n) is 7.19. The van der Waals surface area contributed by atoms with Crippen molar-refractivity contribution >= 4 is 0 Å². The predicted octanol–water partition coefficient (Wildman–Crippen LogP) is 4.70. The minimum absolute atomic E-state index is 0.0400. The van der Waals surface area contributed by atoms with Crippen molar-refractivity contribution in [3.8, 4) is 11.3 Å². The molecule has 0 aliphatic carbocycles. The standard InChI is InChI=1S/C22H21F2N3/c1-14-3-10-21(26-25-14)19-9-8-18-17(15-4-6-16(23)7-5-15)11-12-27(2)13-20(18)22(19)24/h3-10,17H,11-13H2,1-2H3. The molecule has 3 nitrogen and oxygen atoms in total. The molecule has 0 radical (unpaired) electrons. The molecule has 0 saturated heterocycles. The van der Waals surface area contributed by atoms with Crippen LogP contribution in [-0.2, 0) is 6.54 Å². The molecule has 1 atom stereocenters. The molecule has 27 heavy (non-hydrogen) atoms. The van der Waals surface area contributed by atoms with E-state index >= 15 is 4.39 Å². The molecule has 0 spiro atoms. The third kappa shape index (κ3) is 3.47. The Kier molecular flexibility index (Phi) is 4.70. The van der Waals surface area contributed by atoms with Gasteiger partial charge in [-0.1, -0.05) is 18.2 Å². The zero-order valence-electron chi connectivity index (χ0n) is 15.4. The van der Waals surface area contributed by atoms with Crippen LogP contribution >= 0.6 is 0 Å². The van der Waals surface area contributed by atoms with Crippen LogP contribution in [0.5, 0.6) is 0 Å². The van der Waals surface area contributed by atoms with Gasteiger partial charge in [0.25, 0.3) is 0 Å². The van der Waals surface area contributed by atoms with E-state index in [1.165, 1.54) is 12.1 Å². The van der Waals surface area contributed by atoms with Crippen molar-refractivity contribution in [1.82, 2.24) is 15.1 Å². The van der Waals surface area contributed by atoms with Crippen molar-refractivity contribution in [3.63, 3.8) is 0 Å². The summed E-state index contributed by atoms with van der Waals surface area (Å²) < 4.78 is 28.8. The third-order valence-electron chi connectivity index (χ3n) is 5.23. The second-order valence-corrected chi connectivity index (χ2v) is 7.19. The molecule has 1 aromatic heterocycles. The molecule has 1 unspecified atom stereocenters. The largest absolute Gasteiger partial charge is 0.302 e. The first-order chi connectivity index (χ1) is 13.0. The van der Waals surface area contributed by atoms with Crippen molar-refractivity contribution in [3.05, 3.63) is 82.5 Å². The Morgan fingerprint density at radius 2 is 1.74 bits per heavy atom. The maximum Gasteiger partial charge on any atom is 0.137 e. The summed E-state index contributed by atoms with van der Waals surface area (Å²) in [5, 5.41) is 8.19. The molecule has 1 aliphatic heterocycles. The minimum Gasteiger partial charge on any atom is -0.302 e. The first-order valence-electron chi connectivity index (χ1n) is 9.09. The highest BCUT2D eigenvalue weighted by Gasteiger charge is 2.26. The van der Waals surface area contributed by atoms with Gasteiger partial charge in [0, 0.05) is 23.6 Å². The molecule has 0 N–H and O–H groups in total. The molecule has 2 heterocycles. The van der Waals surface area contributed by atoms with Gasteiger partial charge in [0.2, 0.25) is 0 Å². The van der Waals surface area contributed by atoms with Gasteiger partial charge in [-0.15, -0.1) is 0 Å². The van der Waals surface area contributed by atoms with E-state index in [4.69, 9.17) is 0 Å². The molecular formula is C22H21F2N3. The highest BCUT2D eigenvalue weighted by Crippen LogP contribution is 2.37. The summed E-state index contributed by atoms with van der Waals surface area (Å²) in [5.74, 6) is -0.464. The van der Waals surface area contributed by atoms with Gasteiger partial charge in [0.15, 0.2) is 0 Å². The van der Waals surface area contributed by atoms with E-state index in [9.17, 15) is 4.39 Å². The molecule has 0 saturated carbocycles. The van der Waals surface area contributed by atoms with Crippen molar-refractivity contribution in [1.29, 1.82) is 0 Å². The summed E-state index contributed by atoms with van der Waals surface area (Å²) >= 11 is 0. The molecular weight excluding hydrogens is 344 g/mol. The van der Waals surface area contributed by atoms with E-state index in [1.807, 2.05) is 26.1 Å². The van der Waals surface area contributed by atoms with Crippen LogP contribution in [0.1, 0.15) is 34.7 Å². The fourth-order valence-electron chi connectivity index (χ4n) is 3.76. The molecule has 4 rings (SSSR count). The lowest BCUT2D eigenvalue weighted by molar-refractivity contribution is 0.324. The molecule has 1 aliphatic rings. The van der Waals surface area contributed by atoms with Gasteiger partial charge >= 0.3 is 0 Å². The Labute approximate surface area is 157 Å². The Balaban J connectivity index is 1.83. The molecule has 2 aromatic carbocycles. The minimum atomic E-state index is -0.260. The Morgan fingerprint density at radius 3 is 2.44 bits per heavy atom. The average Bonchev–Trinajstić information content (AvgIpc) is 2.83. The third-order valence-corrected chi connectivity index (χ3v) is 5.23. The van der Waals surface area contributed by atoms with E-state index in [1.54, 1.807) is 24.3 Å². The number of fused-ring (bicyclic) bond motifs is 1. The Morgan fingerprint density at radius 1 is 0.963 bits per heavy atom. The van der Waals surface area contributed by atoms with E-state index in [0.717, 1.165) is 29.8 Å². The van der Waals surface area contributed by atoms with E-state index in [0.29, 0.717) is 23.4 Å². The lowest BCUT2D eigenvalue weighted by Crippen LogP contribution is -2.18. The van der Waals surface area contributed by atoms with Crippen LogP contribution in [0.2, 0.25) is 0 Å². The zero-order valence-corrected chi connectivity index (χ0v) is 15.4. The SMILES string of the molecule is Cc1ccc(-c2ccc3c(c2F)CN(C)CCC3c2ccc(F)cc2)nn1. The maximum absolute atomic E-state index is 15.5. The quantitative estimate of drug-likeness (QED) is 0.659. The summed E-state index contributed by atoms with van der Waals surface area (Å²) in [4.78, 5) is 2.12. The first kappa shape index (κ1) is 17.7. The number of benzene rings is 2. The second kappa shape index (κ2) is 7.16. The summed E-state index contributed by atoms with van der Waals surface area (Å²) in [7, 11) is 1.99. The molecule has 138 valence electrons. The first-order valence-corrected chi connectivity index (χ1v) is 9.09. The zero-order chi connectivity index (χ0) is 19.0. The average molecular weight is 365 g/mol. The van der Waals surface area contributed by atoms with E-state index in [-0.39, 0.29) is 17.6 Å². The van der Waals surface area contributed by atoms with Crippen LogP contribution in [0.4, 0.5) is 8.78 Å². The summed E-state index contributed by atoms with van der Waals surface area (Å²) in [6, 6.07) is 13.9. The number of halogens is 2. The van der Waals surface area contributed by atoms with E-state index < -0.39 is 0 Å². The lowest BCUT2D eigenvalue weighted by Gasteiger charge is -2.19. The van der Waals surface area contributed by atoms with Gasteiger partial charge in [0.1, 0.15) is 11.6 Å². The fraction of sp³-hybridized carbons (Fsp3) is 0.273. The van der Waals surface area contributed by atoms with Crippen molar-refractivity contribution in [2.75, 3.05) is 13.6 Å². The lowest BCUT2D eigenvalue weighted by atomic mass is 9.85. The number of aromatic nitrogens is 2. The van der Waals surface area contributed by atoms with Crippen LogP contribution in [0.15, 0.2) is 48.5 Å². The van der Waals surface area contributed by atoms with Crippen molar-refractivity contribution in [2.24, 2.45) is 0 Å². The van der Waals surface area contributed by atoms with Gasteiger partial charge in [0.05, 0.1) is 11.4 Å². The highest BCUT2D eigenvalue weighted by atomic mass is 19.1. The van der Waals surface area contributed by atoms with Crippen LogP contribution in [-0.4, -0.2) is 28.7 Å². The van der Waals surface area contributed by atoms with Gasteiger partial charge in [-0.05, 0) is 68.4 Å². The number of rotatable bonds is 2. The molecule has 0 amide bonds. The van der Waals surface area contributed by atoms with Crippen molar-refractivity contribution in [2.45, 2.75) is 25.8 Å². The number of aryl methyl sites for hydroxylation is 1. The number of nitrogens with zero attached hydrogens (tertiary/aromatic N) is 3. The molecule has 5 heteroatoms. The normalized spacial score (nSPS) is 17.4. The number of hydrogen-bond donors (Lipinski definition) is 0. The van der Waals surface area contributed by atoms with Gasteiger partial charge in [-0.25, -0.2) is 8.78 Å². The molecule has 0 fully saturated rings. The predicted molar refractivity (Wildman–Crippen MR) is 101 cm³/mol. The van der Waals surface area contributed by atoms with Gasteiger partial charge in [-0.2, -0.15) is 10.2 Å². The fourth-order valence-corrected chi connectivity index (χ4v) is 3.76. The Bertz CT molecular complexity index is 953. The van der Waals surface area contributed by atoms with Crippen LogP contribution in [0.25, 0.3) is 11.3 Å². The highest BCUT2D eigenvalue weighted by molar-refractivity contribution is 5.62. The summed E-state index contributed by atoms with van der Waals surface area (Å²) in [6.07, 6.45) is 0.859. The van der Waals surface area contributed by atoms with Crippen LogP contribution in [0, 0.1) is 18.6 Å². The topological polar surface area (TPSA) is 29.0 Å². The van der Waals surface area contributed by atoms with Crippen LogP contribution in [0.3, 0.4) is 0 Å². The monoisotopic (exact) mass is 365 g/mol. The van der Waals surface area contributed by atoms with Crippen molar-refractivity contribution < 1.29 is 8.78 Å². The van der Waals surface area contributed by atoms with Gasteiger partial charge < -0.3 is 4.90 Å². The van der Waals surface area contributed by atoms with Gasteiger partial charge in [-0.3, -0.25) is 0 Å².